The molecule has 4 aromatic rings. The quantitative estimate of drug-likeness (QED) is 0.368. The van der Waals surface area contributed by atoms with E-state index < -0.39 is 10.0 Å². The lowest BCUT2D eigenvalue weighted by atomic mass is 9.94. The van der Waals surface area contributed by atoms with Gasteiger partial charge in [-0.3, -0.25) is 9.52 Å². The Morgan fingerprint density at radius 2 is 1.44 bits per heavy atom. The maximum atomic E-state index is 13.5. The molecule has 7 heteroatoms. The van der Waals surface area contributed by atoms with Crippen LogP contribution in [0.2, 0.25) is 0 Å². The number of carbonyl (C=O) groups excluding carboxylic acids is 1. The zero-order valence-electron chi connectivity index (χ0n) is 19.7. The largest absolute Gasteiger partial charge is 0.279 e. The van der Waals surface area contributed by atoms with E-state index >= 15 is 0 Å². The van der Waals surface area contributed by atoms with E-state index in [-0.39, 0.29) is 16.8 Å². The maximum absolute atomic E-state index is 13.5. The van der Waals surface area contributed by atoms with Gasteiger partial charge in [0.1, 0.15) is 0 Å². The standard InChI is InChI=1S/C29H25N3O3S/c1-21-12-8-9-17-24(21)28-20-27(30-32(28)29(33)22-13-4-2-5-14-22)25-18-10-11-19-26(25)31-36(34,35)23-15-6-3-7-16-23/h2-19,28,31H,20H2,1H3. The van der Waals surface area contributed by atoms with Crippen LogP contribution in [0, 0.1) is 6.92 Å². The summed E-state index contributed by atoms with van der Waals surface area (Å²) in [5.74, 6) is -0.207. The van der Waals surface area contributed by atoms with Crippen molar-refractivity contribution in [2.45, 2.75) is 24.3 Å². The van der Waals surface area contributed by atoms with E-state index in [1.54, 1.807) is 54.6 Å². The molecule has 0 saturated heterocycles. The number of hydrogen-bond donors (Lipinski definition) is 1. The van der Waals surface area contributed by atoms with Gasteiger partial charge in [0.05, 0.1) is 22.3 Å². The summed E-state index contributed by atoms with van der Waals surface area (Å²) in [5.41, 5.74) is 4.29. The van der Waals surface area contributed by atoms with E-state index in [4.69, 9.17) is 5.10 Å². The first-order valence-corrected chi connectivity index (χ1v) is 13.1. The number of amides is 1. The molecule has 0 radical (unpaired) electrons. The molecule has 1 heterocycles. The number of benzene rings is 4. The second kappa shape index (κ2) is 9.79. The number of nitrogens with one attached hydrogen (secondary N) is 1. The fourth-order valence-corrected chi connectivity index (χ4v) is 5.50. The molecule has 1 atom stereocenters. The summed E-state index contributed by atoms with van der Waals surface area (Å²) in [7, 11) is -3.80. The molecular weight excluding hydrogens is 470 g/mol. The number of hydrazone groups is 1. The predicted molar refractivity (Wildman–Crippen MR) is 141 cm³/mol. The van der Waals surface area contributed by atoms with Crippen molar-refractivity contribution in [3.8, 4) is 0 Å². The molecule has 1 N–H and O–H groups in total. The highest BCUT2D eigenvalue weighted by Gasteiger charge is 2.35. The average molecular weight is 496 g/mol. The molecule has 1 aliphatic heterocycles. The van der Waals surface area contributed by atoms with Crippen LogP contribution in [0.15, 0.2) is 119 Å². The van der Waals surface area contributed by atoms with Gasteiger partial charge in [0.25, 0.3) is 15.9 Å². The molecule has 0 bridgehead atoms. The smallest absolute Gasteiger partial charge is 0.274 e. The van der Waals surface area contributed by atoms with Crippen LogP contribution in [-0.2, 0) is 10.0 Å². The number of sulfonamides is 1. The number of aryl methyl sites for hydroxylation is 1. The molecular formula is C29H25N3O3S. The summed E-state index contributed by atoms with van der Waals surface area (Å²) in [4.78, 5) is 13.7. The molecule has 0 fully saturated rings. The van der Waals surface area contributed by atoms with Crippen molar-refractivity contribution in [1.29, 1.82) is 0 Å². The Labute approximate surface area is 211 Å². The third kappa shape index (κ3) is 4.65. The van der Waals surface area contributed by atoms with Crippen molar-refractivity contribution < 1.29 is 13.2 Å². The summed E-state index contributed by atoms with van der Waals surface area (Å²) < 4.78 is 28.8. The van der Waals surface area contributed by atoms with E-state index in [2.05, 4.69) is 4.72 Å². The number of hydrogen-bond acceptors (Lipinski definition) is 4. The summed E-state index contributed by atoms with van der Waals surface area (Å²) in [6.45, 7) is 2.01. The van der Waals surface area contributed by atoms with Crippen LogP contribution in [-0.4, -0.2) is 25.0 Å². The van der Waals surface area contributed by atoms with Gasteiger partial charge in [-0.15, -0.1) is 0 Å². The summed E-state index contributed by atoms with van der Waals surface area (Å²) in [6, 6.07) is 32.1. The Morgan fingerprint density at radius 3 is 2.17 bits per heavy atom. The molecule has 1 aliphatic rings. The number of nitrogens with zero attached hydrogens (tertiary/aromatic N) is 2. The minimum Gasteiger partial charge on any atom is -0.279 e. The van der Waals surface area contributed by atoms with E-state index in [0.29, 0.717) is 28.9 Å². The highest BCUT2D eigenvalue weighted by atomic mass is 32.2. The fraction of sp³-hybridized carbons (Fsp3) is 0.103. The predicted octanol–water partition coefficient (Wildman–Crippen LogP) is 5.79. The molecule has 1 amide bonds. The zero-order valence-corrected chi connectivity index (χ0v) is 20.5. The summed E-state index contributed by atoms with van der Waals surface area (Å²) >= 11 is 0. The van der Waals surface area contributed by atoms with Gasteiger partial charge < -0.3 is 0 Å². The molecule has 0 saturated carbocycles. The Bertz CT molecular complexity index is 1530. The molecule has 6 nitrogen and oxygen atoms in total. The number of carbonyl (C=O) groups is 1. The normalized spacial score (nSPS) is 15.4. The van der Waals surface area contributed by atoms with Gasteiger partial charge >= 0.3 is 0 Å². The van der Waals surface area contributed by atoms with Crippen LogP contribution in [0.5, 0.6) is 0 Å². The third-order valence-electron chi connectivity index (χ3n) is 6.22. The Hall–Kier alpha value is -4.23. The lowest BCUT2D eigenvalue weighted by molar-refractivity contribution is 0.0711. The van der Waals surface area contributed by atoms with Crippen LogP contribution in [0.4, 0.5) is 5.69 Å². The topological polar surface area (TPSA) is 78.8 Å². The first kappa shape index (κ1) is 23.5. The van der Waals surface area contributed by atoms with Gasteiger partial charge in [-0.25, -0.2) is 13.4 Å². The van der Waals surface area contributed by atoms with Crippen LogP contribution in [0.1, 0.15) is 39.5 Å². The van der Waals surface area contributed by atoms with Gasteiger partial charge in [-0.2, -0.15) is 5.10 Å². The minimum absolute atomic E-state index is 0.173. The molecule has 180 valence electrons. The maximum Gasteiger partial charge on any atom is 0.274 e. The van der Waals surface area contributed by atoms with Crippen LogP contribution < -0.4 is 4.72 Å². The van der Waals surface area contributed by atoms with Gasteiger partial charge in [0, 0.05) is 17.5 Å². The van der Waals surface area contributed by atoms with Crippen molar-refractivity contribution >= 4 is 27.3 Å². The van der Waals surface area contributed by atoms with Gasteiger partial charge in [-0.1, -0.05) is 78.9 Å². The van der Waals surface area contributed by atoms with Crippen LogP contribution in [0.3, 0.4) is 0 Å². The second-order valence-electron chi connectivity index (χ2n) is 8.60. The molecule has 0 spiro atoms. The van der Waals surface area contributed by atoms with Crippen LogP contribution in [0.25, 0.3) is 0 Å². The van der Waals surface area contributed by atoms with E-state index in [0.717, 1.165) is 11.1 Å². The number of anilines is 1. The highest BCUT2D eigenvalue weighted by Crippen LogP contribution is 2.37. The minimum atomic E-state index is -3.80. The molecule has 1 unspecified atom stereocenters. The van der Waals surface area contributed by atoms with Crippen LogP contribution >= 0.6 is 0 Å². The van der Waals surface area contributed by atoms with Crippen molar-refractivity contribution in [3.63, 3.8) is 0 Å². The zero-order chi connectivity index (χ0) is 25.1. The molecule has 36 heavy (non-hydrogen) atoms. The molecule has 5 rings (SSSR count). The van der Waals surface area contributed by atoms with Gasteiger partial charge in [-0.05, 0) is 48.4 Å². The summed E-state index contributed by atoms with van der Waals surface area (Å²) in [5, 5.41) is 6.29. The number of rotatable bonds is 6. The summed E-state index contributed by atoms with van der Waals surface area (Å²) in [6.07, 6.45) is 0.452. The first-order valence-electron chi connectivity index (χ1n) is 11.6. The average Bonchev–Trinajstić information content (AvgIpc) is 3.34. The van der Waals surface area contributed by atoms with Crippen molar-refractivity contribution in [1.82, 2.24) is 5.01 Å². The Morgan fingerprint density at radius 1 is 0.833 bits per heavy atom. The SMILES string of the molecule is Cc1ccccc1C1CC(c2ccccc2NS(=O)(=O)c2ccccc2)=NN1C(=O)c1ccccc1. The second-order valence-corrected chi connectivity index (χ2v) is 10.3. The molecule has 0 aromatic heterocycles. The van der Waals surface area contributed by atoms with Gasteiger partial charge in [0.15, 0.2) is 0 Å². The lowest BCUT2D eigenvalue weighted by Gasteiger charge is -2.23. The molecule has 0 aliphatic carbocycles. The van der Waals surface area contributed by atoms with E-state index in [1.807, 2.05) is 61.5 Å². The van der Waals surface area contributed by atoms with Crippen molar-refractivity contribution in [2.24, 2.45) is 5.10 Å². The Kier molecular flexibility index (Phi) is 6.40. The van der Waals surface area contributed by atoms with Gasteiger partial charge in [0.2, 0.25) is 0 Å². The highest BCUT2D eigenvalue weighted by molar-refractivity contribution is 7.92. The van der Waals surface area contributed by atoms with E-state index in [1.165, 1.54) is 5.01 Å². The number of para-hydroxylation sites is 1. The Balaban J connectivity index is 1.55. The van der Waals surface area contributed by atoms with Crippen molar-refractivity contribution in [2.75, 3.05) is 4.72 Å². The van der Waals surface area contributed by atoms with Crippen molar-refractivity contribution in [3.05, 3.63) is 131 Å². The molecule has 4 aromatic carbocycles. The lowest BCUT2D eigenvalue weighted by Crippen LogP contribution is -2.27. The first-order chi connectivity index (χ1) is 17.4. The third-order valence-corrected chi connectivity index (χ3v) is 7.60. The monoisotopic (exact) mass is 495 g/mol. The van der Waals surface area contributed by atoms with E-state index in [9.17, 15) is 13.2 Å². The fourth-order valence-electron chi connectivity index (χ4n) is 4.40.